The average Bonchev–Trinajstić information content (AvgIpc) is 2.28. The lowest BCUT2D eigenvalue weighted by atomic mass is 9.86. The summed E-state index contributed by atoms with van der Waals surface area (Å²) in [6.07, 6.45) is -3.06. The van der Waals surface area contributed by atoms with Gasteiger partial charge in [-0.25, -0.2) is 4.39 Å². The van der Waals surface area contributed by atoms with Crippen molar-refractivity contribution in [2.24, 2.45) is 0 Å². The average molecular weight is 261 g/mol. The molecule has 1 aromatic carbocycles. The molecule has 1 fully saturated rings. The molecule has 2 rings (SSSR count). The maximum atomic E-state index is 13.2. The van der Waals surface area contributed by atoms with Crippen molar-refractivity contribution in [3.8, 4) is 0 Å². The summed E-state index contributed by atoms with van der Waals surface area (Å²) in [4.78, 5) is 0. The standard InChI is InChI=1S/C13H15F4N/c1-8-6-10(4-5-18-8)9-2-3-12(14)11(7-9)13(15,16)17/h2-3,7-8,10,18H,4-6H2,1H3. The summed E-state index contributed by atoms with van der Waals surface area (Å²) in [5.41, 5.74) is -0.580. The minimum atomic E-state index is -4.63. The van der Waals surface area contributed by atoms with Gasteiger partial charge in [-0.3, -0.25) is 0 Å². The van der Waals surface area contributed by atoms with Crippen LogP contribution in [0.5, 0.6) is 0 Å². The van der Waals surface area contributed by atoms with Gasteiger partial charge in [0.15, 0.2) is 0 Å². The highest BCUT2D eigenvalue weighted by atomic mass is 19.4. The number of nitrogens with one attached hydrogen (secondary N) is 1. The lowest BCUT2D eigenvalue weighted by Crippen LogP contribution is -2.34. The molecule has 1 aliphatic rings. The molecule has 1 nitrogen and oxygen atoms in total. The zero-order valence-corrected chi connectivity index (χ0v) is 10.0. The van der Waals surface area contributed by atoms with E-state index in [4.69, 9.17) is 0 Å². The third-order valence-corrected chi connectivity index (χ3v) is 3.39. The second-order valence-electron chi connectivity index (χ2n) is 4.81. The third kappa shape index (κ3) is 2.83. The van der Waals surface area contributed by atoms with Gasteiger partial charge in [-0.15, -0.1) is 0 Å². The quantitative estimate of drug-likeness (QED) is 0.760. The van der Waals surface area contributed by atoms with Crippen molar-refractivity contribution in [3.05, 3.63) is 35.1 Å². The SMILES string of the molecule is CC1CC(c2ccc(F)c(C(F)(F)F)c2)CCN1. The fourth-order valence-electron chi connectivity index (χ4n) is 2.45. The topological polar surface area (TPSA) is 12.0 Å². The van der Waals surface area contributed by atoms with Crippen LogP contribution in [0.2, 0.25) is 0 Å². The number of benzene rings is 1. The van der Waals surface area contributed by atoms with Crippen molar-refractivity contribution < 1.29 is 17.6 Å². The number of halogens is 4. The van der Waals surface area contributed by atoms with E-state index in [-0.39, 0.29) is 12.0 Å². The van der Waals surface area contributed by atoms with E-state index in [1.165, 1.54) is 6.07 Å². The van der Waals surface area contributed by atoms with Crippen LogP contribution in [0.1, 0.15) is 36.8 Å². The predicted octanol–water partition coefficient (Wildman–Crippen LogP) is 3.70. The minimum absolute atomic E-state index is 0.0722. The first-order chi connectivity index (χ1) is 8.38. The third-order valence-electron chi connectivity index (χ3n) is 3.39. The molecule has 0 aromatic heterocycles. The second kappa shape index (κ2) is 4.88. The molecule has 0 saturated carbocycles. The van der Waals surface area contributed by atoms with E-state index in [1.54, 1.807) is 0 Å². The highest BCUT2D eigenvalue weighted by Gasteiger charge is 2.35. The molecule has 1 aliphatic heterocycles. The van der Waals surface area contributed by atoms with Crippen molar-refractivity contribution in [3.63, 3.8) is 0 Å². The highest BCUT2D eigenvalue weighted by Crippen LogP contribution is 2.35. The molecule has 0 spiro atoms. The monoisotopic (exact) mass is 261 g/mol. The summed E-state index contributed by atoms with van der Waals surface area (Å²) in [6, 6.07) is 3.62. The van der Waals surface area contributed by atoms with E-state index in [0.717, 1.165) is 31.5 Å². The second-order valence-corrected chi connectivity index (χ2v) is 4.81. The summed E-state index contributed by atoms with van der Waals surface area (Å²) < 4.78 is 51.0. The zero-order chi connectivity index (χ0) is 13.3. The van der Waals surface area contributed by atoms with E-state index >= 15 is 0 Å². The molecule has 5 heteroatoms. The summed E-state index contributed by atoms with van der Waals surface area (Å²) in [7, 11) is 0. The molecule has 1 N–H and O–H groups in total. The van der Waals surface area contributed by atoms with Crippen LogP contribution >= 0.6 is 0 Å². The van der Waals surface area contributed by atoms with Crippen molar-refractivity contribution in [2.45, 2.75) is 37.9 Å². The summed E-state index contributed by atoms with van der Waals surface area (Å²) in [5.74, 6) is -1.13. The van der Waals surface area contributed by atoms with Crippen LogP contribution < -0.4 is 5.32 Å². The minimum Gasteiger partial charge on any atom is -0.314 e. The lowest BCUT2D eigenvalue weighted by molar-refractivity contribution is -0.140. The highest BCUT2D eigenvalue weighted by molar-refractivity contribution is 5.30. The normalized spacial score (nSPS) is 25.2. The van der Waals surface area contributed by atoms with Crippen molar-refractivity contribution in [1.29, 1.82) is 0 Å². The Labute approximate surface area is 103 Å². The van der Waals surface area contributed by atoms with Gasteiger partial charge in [-0.1, -0.05) is 6.07 Å². The van der Waals surface area contributed by atoms with Crippen LogP contribution in [0.3, 0.4) is 0 Å². The Kier molecular flexibility index (Phi) is 3.61. The molecule has 1 saturated heterocycles. The number of hydrogen-bond donors (Lipinski definition) is 1. The first-order valence-electron chi connectivity index (χ1n) is 5.98. The van der Waals surface area contributed by atoms with Gasteiger partial charge in [0.25, 0.3) is 0 Å². The van der Waals surface area contributed by atoms with Gasteiger partial charge < -0.3 is 5.32 Å². The van der Waals surface area contributed by atoms with Gasteiger partial charge in [-0.2, -0.15) is 13.2 Å². The maximum absolute atomic E-state index is 13.2. The molecular formula is C13H15F4N. The Bertz CT molecular complexity index is 427. The molecule has 0 bridgehead atoms. The van der Waals surface area contributed by atoms with Gasteiger partial charge >= 0.3 is 6.18 Å². The Hall–Kier alpha value is -1.10. The van der Waals surface area contributed by atoms with Crippen LogP contribution in [0.25, 0.3) is 0 Å². The van der Waals surface area contributed by atoms with E-state index in [9.17, 15) is 17.6 Å². The van der Waals surface area contributed by atoms with Crippen LogP contribution in [0, 0.1) is 5.82 Å². The lowest BCUT2D eigenvalue weighted by Gasteiger charge is -2.28. The number of alkyl halides is 3. The van der Waals surface area contributed by atoms with Gasteiger partial charge in [0.05, 0.1) is 5.56 Å². The molecule has 1 heterocycles. The van der Waals surface area contributed by atoms with E-state index < -0.39 is 17.6 Å². The first kappa shape index (κ1) is 13.3. The first-order valence-corrected chi connectivity index (χ1v) is 5.98. The number of piperidine rings is 1. The van der Waals surface area contributed by atoms with Crippen molar-refractivity contribution in [2.75, 3.05) is 6.54 Å². The van der Waals surface area contributed by atoms with E-state index in [0.29, 0.717) is 5.56 Å². The smallest absolute Gasteiger partial charge is 0.314 e. The fourth-order valence-corrected chi connectivity index (χ4v) is 2.45. The Morgan fingerprint density at radius 1 is 1.28 bits per heavy atom. The van der Waals surface area contributed by atoms with Crippen LogP contribution in [-0.4, -0.2) is 12.6 Å². The summed E-state index contributed by atoms with van der Waals surface area (Å²) in [5, 5.41) is 3.24. The van der Waals surface area contributed by atoms with E-state index in [2.05, 4.69) is 5.32 Å². The maximum Gasteiger partial charge on any atom is 0.419 e. The predicted molar refractivity (Wildman–Crippen MR) is 60.8 cm³/mol. The summed E-state index contributed by atoms with van der Waals surface area (Å²) >= 11 is 0. The molecular weight excluding hydrogens is 246 g/mol. The molecule has 0 radical (unpaired) electrons. The fraction of sp³-hybridized carbons (Fsp3) is 0.538. The largest absolute Gasteiger partial charge is 0.419 e. The Balaban J connectivity index is 2.29. The molecule has 100 valence electrons. The molecule has 18 heavy (non-hydrogen) atoms. The molecule has 1 aromatic rings. The van der Waals surface area contributed by atoms with Gasteiger partial charge in [0.2, 0.25) is 0 Å². The van der Waals surface area contributed by atoms with Crippen molar-refractivity contribution in [1.82, 2.24) is 5.32 Å². The molecule has 2 atom stereocenters. The summed E-state index contributed by atoms with van der Waals surface area (Å²) in [6.45, 7) is 2.78. The van der Waals surface area contributed by atoms with Crippen LogP contribution in [-0.2, 0) is 6.18 Å². The van der Waals surface area contributed by atoms with Gasteiger partial charge in [0.1, 0.15) is 5.82 Å². The number of rotatable bonds is 1. The molecule has 2 unspecified atom stereocenters. The number of hydrogen-bond acceptors (Lipinski definition) is 1. The molecule has 0 amide bonds. The van der Waals surface area contributed by atoms with Crippen LogP contribution in [0.15, 0.2) is 18.2 Å². The Morgan fingerprint density at radius 3 is 2.61 bits per heavy atom. The van der Waals surface area contributed by atoms with Crippen molar-refractivity contribution >= 4 is 0 Å². The van der Waals surface area contributed by atoms with Gasteiger partial charge in [0, 0.05) is 6.04 Å². The van der Waals surface area contributed by atoms with E-state index in [1.807, 2.05) is 6.92 Å². The zero-order valence-electron chi connectivity index (χ0n) is 10.0. The van der Waals surface area contributed by atoms with Crippen LogP contribution in [0.4, 0.5) is 17.6 Å². The molecule has 0 aliphatic carbocycles. The van der Waals surface area contributed by atoms with Gasteiger partial charge in [-0.05, 0) is 49.9 Å². The Morgan fingerprint density at radius 2 is 2.00 bits per heavy atom.